The number of hydrogen-bond donors (Lipinski definition) is 1. The Balaban J connectivity index is 0.000000507. The molecule has 105 valence electrons. The zero-order chi connectivity index (χ0) is 14.5. The van der Waals surface area contributed by atoms with E-state index in [4.69, 9.17) is 0 Å². The van der Waals surface area contributed by atoms with Crippen LogP contribution in [-0.4, -0.2) is 14.3 Å². The van der Waals surface area contributed by atoms with Crippen LogP contribution in [0.5, 0.6) is 0 Å². The third-order valence-corrected chi connectivity index (χ3v) is 3.11. The van der Waals surface area contributed by atoms with Crippen LogP contribution in [0.3, 0.4) is 0 Å². The molecule has 3 heteroatoms. The van der Waals surface area contributed by atoms with Crippen molar-refractivity contribution in [2.75, 3.05) is 12.4 Å². The van der Waals surface area contributed by atoms with Crippen LogP contribution in [0.4, 0.5) is 5.69 Å². The van der Waals surface area contributed by atoms with Gasteiger partial charge in [0.25, 0.3) is 0 Å². The number of allylic oxidation sites excluding steroid dienone is 2. The molecular formula is C17H25BNU. The first kappa shape index (κ1) is 19.7. The number of anilines is 1. The molecule has 1 radical (unpaired) electrons. The molecule has 0 saturated heterocycles. The van der Waals surface area contributed by atoms with Crippen molar-refractivity contribution in [2.45, 2.75) is 46.4 Å². The first-order valence-corrected chi connectivity index (χ1v) is 6.94. The van der Waals surface area contributed by atoms with Crippen molar-refractivity contribution in [3.63, 3.8) is 0 Å². The Hall–Kier alpha value is -0.253. The van der Waals surface area contributed by atoms with Gasteiger partial charge in [-0.15, -0.1) is 13.3 Å². The molecule has 1 nitrogen and oxygen atoms in total. The molecule has 1 aliphatic rings. The van der Waals surface area contributed by atoms with E-state index < -0.39 is 0 Å². The summed E-state index contributed by atoms with van der Waals surface area (Å²) < 4.78 is 0. The Kier molecular flexibility index (Phi) is 8.79. The summed E-state index contributed by atoms with van der Waals surface area (Å²) >= 11 is 0. The fourth-order valence-electron chi connectivity index (χ4n) is 1.59. The van der Waals surface area contributed by atoms with Crippen LogP contribution in [-0.2, 0) is 5.41 Å². The zero-order valence-corrected chi connectivity index (χ0v) is 17.8. The minimum atomic E-state index is 0. The van der Waals surface area contributed by atoms with Crippen LogP contribution in [0, 0.1) is 43.6 Å². The molecule has 20 heavy (non-hydrogen) atoms. The number of nitrogens with one attached hydrogen (secondary N) is 1. The van der Waals surface area contributed by atoms with Gasteiger partial charge in [0.2, 0.25) is 0 Å². The van der Waals surface area contributed by atoms with Crippen molar-refractivity contribution < 1.29 is 31.1 Å². The summed E-state index contributed by atoms with van der Waals surface area (Å²) in [6.45, 7) is 10.7. The van der Waals surface area contributed by atoms with E-state index in [0.29, 0.717) is 0 Å². The van der Waals surface area contributed by atoms with E-state index in [1.165, 1.54) is 23.0 Å². The van der Waals surface area contributed by atoms with Crippen LogP contribution >= 0.6 is 0 Å². The van der Waals surface area contributed by atoms with E-state index in [1.807, 2.05) is 7.05 Å². The predicted octanol–water partition coefficient (Wildman–Crippen LogP) is 3.74. The van der Waals surface area contributed by atoms with Gasteiger partial charge in [0.05, 0.1) is 0 Å². The topological polar surface area (TPSA) is 12.0 Å². The summed E-state index contributed by atoms with van der Waals surface area (Å²) in [5.41, 5.74) is 5.22. The monoisotopic (exact) mass is 492 g/mol. The van der Waals surface area contributed by atoms with Crippen LogP contribution < -0.4 is 10.8 Å². The molecule has 1 aliphatic carbocycles. The Labute approximate surface area is 149 Å². The fraction of sp³-hybridized carbons (Fsp3) is 0.471. The normalized spacial score (nSPS) is 12.2. The van der Waals surface area contributed by atoms with Gasteiger partial charge in [0.1, 0.15) is 7.28 Å². The third-order valence-electron chi connectivity index (χ3n) is 3.11. The summed E-state index contributed by atoms with van der Waals surface area (Å²) in [4.78, 5) is 0. The van der Waals surface area contributed by atoms with Gasteiger partial charge in [-0.25, -0.2) is 18.1 Å². The van der Waals surface area contributed by atoms with Gasteiger partial charge in [0, 0.05) is 7.05 Å². The van der Waals surface area contributed by atoms with Gasteiger partial charge in [0.15, 0.2) is 0 Å². The maximum absolute atomic E-state index is 3.38. The van der Waals surface area contributed by atoms with Gasteiger partial charge in [-0.2, -0.15) is 29.2 Å². The maximum Gasteiger partial charge on any atom is 2.00 e. The molecule has 1 aromatic carbocycles. The van der Waals surface area contributed by atoms with Crippen molar-refractivity contribution in [1.82, 2.24) is 0 Å². The zero-order valence-electron chi connectivity index (χ0n) is 13.6. The van der Waals surface area contributed by atoms with Crippen LogP contribution in [0.1, 0.15) is 39.7 Å². The molecule has 0 bridgehead atoms. The molecule has 2 rings (SSSR count). The summed E-state index contributed by atoms with van der Waals surface area (Å²) in [5.74, 6) is 0. The van der Waals surface area contributed by atoms with E-state index in [-0.39, 0.29) is 36.5 Å². The van der Waals surface area contributed by atoms with Crippen molar-refractivity contribution in [3.05, 3.63) is 41.8 Å². The second kappa shape index (κ2) is 8.91. The smallest absolute Gasteiger partial charge is 0.410 e. The first-order valence-electron chi connectivity index (χ1n) is 6.94. The molecule has 0 saturated carbocycles. The van der Waals surface area contributed by atoms with Crippen molar-refractivity contribution in [2.24, 2.45) is 0 Å². The van der Waals surface area contributed by atoms with Crippen molar-refractivity contribution >= 4 is 18.4 Å². The van der Waals surface area contributed by atoms with Crippen LogP contribution in [0.15, 0.2) is 23.8 Å². The van der Waals surface area contributed by atoms with Crippen LogP contribution in [0.25, 0.3) is 0 Å². The first-order chi connectivity index (χ1) is 8.90. The van der Waals surface area contributed by atoms with Crippen molar-refractivity contribution in [3.8, 4) is 0 Å². The van der Waals surface area contributed by atoms with Gasteiger partial charge >= 0.3 is 31.1 Å². The minimum absolute atomic E-state index is 0. The average Bonchev–Trinajstić information content (AvgIpc) is 3.21. The number of rotatable bonds is 3. The summed E-state index contributed by atoms with van der Waals surface area (Å²) in [6.07, 6.45) is 5.59. The molecule has 0 spiro atoms. The second-order valence-corrected chi connectivity index (χ2v) is 5.80. The number of hydrogen-bond acceptors (Lipinski definition) is 1. The van der Waals surface area contributed by atoms with E-state index in [0.717, 1.165) is 5.69 Å². The van der Waals surface area contributed by atoms with E-state index >= 15 is 0 Å². The Morgan fingerprint density at radius 2 is 1.90 bits per heavy atom. The van der Waals surface area contributed by atoms with Gasteiger partial charge in [-0.05, 0) is 5.41 Å². The van der Waals surface area contributed by atoms with Gasteiger partial charge < -0.3 is 5.32 Å². The minimum Gasteiger partial charge on any atom is -0.410 e. The molecule has 0 heterocycles. The van der Waals surface area contributed by atoms with Crippen molar-refractivity contribution in [1.29, 1.82) is 0 Å². The van der Waals surface area contributed by atoms with E-state index in [1.54, 1.807) is 0 Å². The summed E-state index contributed by atoms with van der Waals surface area (Å²) in [5, 5.41) is 3.14. The number of benzene rings is 1. The standard InChI is InChI=1S/C12H18BN.C5H7.U/c1-12(2,3)9-6-10(13-4)8-11(7-9)14-5;1-2-5-3-4-5;/h6,8,14H,1-5H3;2-3H,4H2,1H3;/q2*-1;+2. The quantitative estimate of drug-likeness (QED) is 0.501. The predicted molar refractivity (Wildman–Crippen MR) is 87.5 cm³/mol. The third kappa shape index (κ3) is 6.96. The maximum atomic E-state index is 3.38. The molecule has 0 amide bonds. The average molecular weight is 492 g/mol. The SMILES string of the molecule is C[B]c1cc(NC)[c-]c(C(C)(C)C)c1.C[CH-]C1=CC1.[U+2]. The molecule has 1 aromatic rings. The van der Waals surface area contributed by atoms with Crippen LogP contribution in [0.2, 0.25) is 6.82 Å². The van der Waals surface area contributed by atoms with E-state index in [2.05, 4.69) is 77.8 Å². The summed E-state index contributed by atoms with van der Waals surface area (Å²) in [6, 6.07) is 7.68. The molecule has 0 aliphatic heterocycles. The molecule has 0 unspecified atom stereocenters. The second-order valence-electron chi connectivity index (χ2n) is 5.80. The van der Waals surface area contributed by atoms with Gasteiger partial charge in [-0.1, -0.05) is 33.3 Å². The van der Waals surface area contributed by atoms with Gasteiger partial charge in [-0.3, -0.25) is 0 Å². The largest absolute Gasteiger partial charge is 2.00 e. The Morgan fingerprint density at radius 3 is 2.20 bits per heavy atom. The molecule has 0 fully saturated rings. The Bertz CT molecular complexity index is 425. The molecule has 1 N–H and O–H groups in total. The molecule has 0 atom stereocenters. The molecule has 0 aromatic heterocycles. The fourth-order valence-corrected chi connectivity index (χ4v) is 1.59. The Morgan fingerprint density at radius 1 is 1.30 bits per heavy atom. The summed E-state index contributed by atoms with van der Waals surface area (Å²) in [7, 11) is 4.04. The van der Waals surface area contributed by atoms with E-state index in [9.17, 15) is 0 Å². The molecular weight excluding hydrogens is 467 g/mol.